The van der Waals surface area contributed by atoms with Gasteiger partial charge in [-0.1, -0.05) is 34.1 Å². The van der Waals surface area contributed by atoms with E-state index in [0.717, 1.165) is 13.0 Å². The van der Waals surface area contributed by atoms with E-state index in [1.807, 2.05) is 27.7 Å². The average Bonchev–Trinajstić information content (AvgIpc) is 3.25. The number of nitrogens with two attached hydrogens (primary N) is 1. The SMILES string of the molecule is CC[C@H](C)[C@H](N)C(=O)N[C@H](C(=O)NCC1CNCC12OCCO2)C(C)C. The average molecular weight is 370 g/mol. The van der Waals surface area contributed by atoms with Gasteiger partial charge in [0.1, 0.15) is 6.04 Å². The van der Waals surface area contributed by atoms with Gasteiger partial charge < -0.3 is 31.2 Å². The molecule has 1 spiro atoms. The van der Waals surface area contributed by atoms with E-state index >= 15 is 0 Å². The molecule has 4 atom stereocenters. The van der Waals surface area contributed by atoms with Crippen molar-refractivity contribution in [3.8, 4) is 0 Å². The standard InChI is InChI=1S/C18H34N4O4/c1-5-12(4)14(19)16(23)22-15(11(2)3)17(24)21-9-13-8-20-10-18(13)25-6-7-26-18/h11-15,20H,5-10,19H2,1-4H3,(H,21,24)(H,22,23)/t12-,13?,14-,15-/m0/s1. The summed E-state index contributed by atoms with van der Waals surface area (Å²) in [6, 6.07) is -1.23. The Balaban J connectivity index is 1.91. The molecule has 8 heteroatoms. The molecule has 0 bridgehead atoms. The molecule has 2 aliphatic rings. The minimum atomic E-state index is -0.636. The van der Waals surface area contributed by atoms with E-state index in [9.17, 15) is 9.59 Å². The van der Waals surface area contributed by atoms with Crippen LogP contribution in [0.1, 0.15) is 34.1 Å². The van der Waals surface area contributed by atoms with Crippen LogP contribution in [0.5, 0.6) is 0 Å². The van der Waals surface area contributed by atoms with Crippen LogP contribution >= 0.6 is 0 Å². The first-order valence-corrected chi connectivity index (χ1v) is 9.63. The zero-order valence-corrected chi connectivity index (χ0v) is 16.3. The molecule has 0 aliphatic carbocycles. The van der Waals surface area contributed by atoms with Gasteiger partial charge in [-0.25, -0.2) is 0 Å². The van der Waals surface area contributed by atoms with Crippen LogP contribution in [-0.2, 0) is 19.1 Å². The lowest BCUT2D eigenvalue weighted by Crippen LogP contribution is -2.56. The summed E-state index contributed by atoms with van der Waals surface area (Å²) in [7, 11) is 0. The minimum absolute atomic E-state index is 0.0415. The van der Waals surface area contributed by atoms with Gasteiger partial charge in [0, 0.05) is 19.0 Å². The van der Waals surface area contributed by atoms with Crippen molar-refractivity contribution >= 4 is 11.8 Å². The van der Waals surface area contributed by atoms with Crippen LogP contribution in [0, 0.1) is 17.8 Å². The van der Waals surface area contributed by atoms with Gasteiger partial charge in [-0.2, -0.15) is 0 Å². The van der Waals surface area contributed by atoms with Crippen molar-refractivity contribution in [3.05, 3.63) is 0 Å². The third-order valence-corrected chi connectivity index (χ3v) is 5.49. The third kappa shape index (κ3) is 4.73. The van der Waals surface area contributed by atoms with Crippen LogP contribution in [0.4, 0.5) is 0 Å². The van der Waals surface area contributed by atoms with Crippen LogP contribution in [0.25, 0.3) is 0 Å². The predicted octanol–water partition coefficient (Wildman–Crippen LogP) is -0.421. The number of ether oxygens (including phenoxy) is 2. The molecule has 150 valence electrons. The van der Waals surface area contributed by atoms with E-state index < -0.39 is 17.9 Å². The zero-order chi connectivity index (χ0) is 19.3. The molecule has 2 aliphatic heterocycles. The topological polar surface area (TPSA) is 115 Å². The number of hydrogen-bond acceptors (Lipinski definition) is 6. The van der Waals surface area contributed by atoms with Gasteiger partial charge >= 0.3 is 0 Å². The lowest BCUT2D eigenvalue weighted by molar-refractivity contribution is -0.169. The van der Waals surface area contributed by atoms with Gasteiger partial charge in [-0.05, 0) is 11.8 Å². The van der Waals surface area contributed by atoms with Gasteiger partial charge in [0.2, 0.25) is 11.8 Å². The smallest absolute Gasteiger partial charge is 0.242 e. The number of nitrogens with one attached hydrogen (secondary N) is 3. The summed E-state index contributed by atoms with van der Waals surface area (Å²) in [5.41, 5.74) is 5.99. The maximum Gasteiger partial charge on any atom is 0.242 e. The first kappa shape index (κ1) is 21.1. The molecule has 1 unspecified atom stereocenters. The Labute approximate surface area is 155 Å². The monoisotopic (exact) mass is 370 g/mol. The van der Waals surface area contributed by atoms with Crippen LogP contribution in [0.15, 0.2) is 0 Å². The van der Waals surface area contributed by atoms with Gasteiger partial charge in [0.05, 0.1) is 25.8 Å². The van der Waals surface area contributed by atoms with E-state index in [4.69, 9.17) is 15.2 Å². The summed E-state index contributed by atoms with van der Waals surface area (Å²) >= 11 is 0. The van der Waals surface area contributed by atoms with Crippen LogP contribution in [0.2, 0.25) is 0 Å². The molecule has 26 heavy (non-hydrogen) atoms. The molecule has 2 rings (SSSR count). The first-order chi connectivity index (χ1) is 12.3. The molecule has 2 fully saturated rings. The van der Waals surface area contributed by atoms with E-state index in [-0.39, 0.29) is 29.6 Å². The van der Waals surface area contributed by atoms with E-state index in [1.165, 1.54) is 0 Å². The van der Waals surface area contributed by atoms with Crippen LogP contribution < -0.4 is 21.7 Å². The molecular formula is C18H34N4O4. The van der Waals surface area contributed by atoms with Gasteiger partial charge in [0.25, 0.3) is 0 Å². The lowest BCUT2D eigenvalue weighted by Gasteiger charge is -2.30. The second-order valence-electron chi connectivity index (χ2n) is 7.72. The normalized spacial score (nSPS) is 25.2. The molecule has 0 radical (unpaired) electrons. The predicted molar refractivity (Wildman–Crippen MR) is 98.2 cm³/mol. The number of hydrogen-bond donors (Lipinski definition) is 4. The molecule has 5 N–H and O–H groups in total. The van der Waals surface area contributed by atoms with Gasteiger partial charge in [-0.3, -0.25) is 9.59 Å². The Morgan fingerprint density at radius 3 is 2.46 bits per heavy atom. The summed E-state index contributed by atoms with van der Waals surface area (Å²) < 4.78 is 11.5. The van der Waals surface area contributed by atoms with Crippen molar-refractivity contribution in [2.24, 2.45) is 23.5 Å². The van der Waals surface area contributed by atoms with Crippen LogP contribution in [-0.4, -0.2) is 62.5 Å². The summed E-state index contributed by atoms with van der Waals surface area (Å²) in [5.74, 6) is -1.06. The highest BCUT2D eigenvalue weighted by atomic mass is 16.7. The highest BCUT2D eigenvalue weighted by molar-refractivity contribution is 5.90. The largest absolute Gasteiger partial charge is 0.354 e. The second-order valence-corrected chi connectivity index (χ2v) is 7.72. The summed E-state index contributed by atoms with van der Waals surface area (Å²) in [6.07, 6.45) is 0.809. The number of amides is 2. The summed E-state index contributed by atoms with van der Waals surface area (Å²) in [4.78, 5) is 25.0. The molecule has 0 saturated carbocycles. The van der Waals surface area contributed by atoms with E-state index in [1.54, 1.807) is 0 Å². The highest BCUT2D eigenvalue weighted by Crippen LogP contribution is 2.31. The Hall–Kier alpha value is -1.22. The fraction of sp³-hybridized carbons (Fsp3) is 0.889. The fourth-order valence-corrected chi connectivity index (χ4v) is 3.39. The molecule has 2 heterocycles. The van der Waals surface area contributed by atoms with Crippen molar-refractivity contribution in [2.45, 2.75) is 52.0 Å². The Bertz CT molecular complexity index is 488. The lowest BCUT2D eigenvalue weighted by atomic mass is 9.97. The van der Waals surface area contributed by atoms with E-state index in [2.05, 4.69) is 16.0 Å². The minimum Gasteiger partial charge on any atom is -0.354 e. The second kappa shape index (κ2) is 9.12. The maximum absolute atomic E-state index is 12.7. The molecule has 0 aromatic heterocycles. The first-order valence-electron chi connectivity index (χ1n) is 9.63. The summed E-state index contributed by atoms with van der Waals surface area (Å²) in [6.45, 7) is 10.7. The molecule has 8 nitrogen and oxygen atoms in total. The number of carbonyl (C=O) groups is 2. The zero-order valence-electron chi connectivity index (χ0n) is 16.3. The van der Waals surface area contributed by atoms with E-state index in [0.29, 0.717) is 26.3 Å². The van der Waals surface area contributed by atoms with Gasteiger partial charge in [0.15, 0.2) is 5.79 Å². The third-order valence-electron chi connectivity index (χ3n) is 5.49. The molecule has 2 amide bonds. The highest BCUT2D eigenvalue weighted by Gasteiger charge is 2.48. The quantitative estimate of drug-likeness (QED) is 0.461. The molecule has 0 aromatic carbocycles. The maximum atomic E-state index is 12.7. The number of carbonyl (C=O) groups excluding carboxylic acids is 2. The summed E-state index contributed by atoms with van der Waals surface area (Å²) in [5, 5.41) is 9.02. The van der Waals surface area contributed by atoms with Gasteiger partial charge in [-0.15, -0.1) is 0 Å². The Morgan fingerprint density at radius 2 is 1.88 bits per heavy atom. The molecule has 2 saturated heterocycles. The van der Waals surface area contributed by atoms with Crippen molar-refractivity contribution < 1.29 is 19.1 Å². The number of rotatable bonds is 8. The Kier molecular flexibility index (Phi) is 7.40. The van der Waals surface area contributed by atoms with Crippen molar-refractivity contribution in [3.63, 3.8) is 0 Å². The van der Waals surface area contributed by atoms with Crippen molar-refractivity contribution in [2.75, 3.05) is 32.8 Å². The fourth-order valence-electron chi connectivity index (χ4n) is 3.39. The molecule has 0 aromatic rings. The Morgan fingerprint density at radius 1 is 1.23 bits per heavy atom. The van der Waals surface area contributed by atoms with Crippen molar-refractivity contribution in [1.29, 1.82) is 0 Å². The van der Waals surface area contributed by atoms with Crippen LogP contribution in [0.3, 0.4) is 0 Å². The van der Waals surface area contributed by atoms with Crippen molar-refractivity contribution in [1.82, 2.24) is 16.0 Å². The molecular weight excluding hydrogens is 336 g/mol.